The Hall–Kier alpha value is -2.86. The second-order valence-corrected chi connectivity index (χ2v) is 8.45. The Bertz CT molecular complexity index is 1110. The van der Waals surface area contributed by atoms with Gasteiger partial charge >= 0.3 is 0 Å². The number of aryl methyl sites for hydroxylation is 2. The highest BCUT2D eigenvalue weighted by Gasteiger charge is 2.16. The smallest absolute Gasteiger partial charge is 0.122 e. The van der Waals surface area contributed by atoms with Gasteiger partial charge in [-0.15, -0.1) is 0 Å². The molecule has 0 bridgehead atoms. The normalized spacial score (nSPS) is 11.0. The summed E-state index contributed by atoms with van der Waals surface area (Å²) in [6.45, 7) is 6.08. The van der Waals surface area contributed by atoms with Gasteiger partial charge in [0.1, 0.15) is 11.5 Å². The highest BCUT2D eigenvalue weighted by atomic mass is 16.5. The topological polar surface area (TPSA) is 96.5 Å². The van der Waals surface area contributed by atoms with Gasteiger partial charge in [0.2, 0.25) is 0 Å². The average molecular weight is 448 g/mol. The fourth-order valence-corrected chi connectivity index (χ4v) is 4.54. The van der Waals surface area contributed by atoms with Gasteiger partial charge in [0.25, 0.3) is 0 Å². The van der Waals surface area contributed by atoms with Gasteiger partial charge in [0, 0.05) is 0 Å². The fourth-order valence-electron chi connectivity index (χ4n) is 4.54. The van der Waals surface area contributed by atoms with E-state index in [-0.39, 0.29) is 0 Å². The first kappa shape index (κ1) is 24.8. The summed E-state index contributed by atoms with van der Waals surface area (Å²) in [7, 11) is 3.41. The molecule has 176 valence electrons. The van der Waals surface area contributed by atoms with Crippen molar-refractivity contribution in [3.63, 3.8) is 0 Å². The van der Waals surface area contributed by atoms with Crippen molar-refractivity contribution in [2.75, 3.05) is 33.9 Å². The van der Waals surface area contributed by atoms with E-state index in [1.807, 2.05) is 6.07 Å². The SMILES string of the molecule is COc1ccc(-c2cc(C)c(-c3cc(CCN)c(OC)cc3CCN)cc2C)cc1CCN. The third-order valence-corrected chi connectivity index (χ3v) is 6.20. The molecule has 0 aliphatic rings. The zero-order valence-electron chi connectivity index (χ0n) is 20.3. The van der Waals surface area contributed by atoms with Gasteiger partial charge < -0.3 is 26.7 Å². The largest absolute Gasteiger partial charge is 0.496 e. The molecule has 0 aliphatic carbocycles. The number of ether oxygens (including phenoxy) is 2. The Morgan fingerprint density at radius 3 is 1.73 bits per heavy atom. The summed E-state index contributed by atoms with van der Waals surface area (Å²) in [6.07, 6.45) is 2.34. The molecule has 0 aromatic heterocycles. The highest BCUT2D eigenvalue weighted by Crippen LogP contribution is 2.37. The molecule has 0 atom stereocenters. The van der Waals surface area contributed by atoms with Gasteiger partial charge in [-0.05, 0) is 127 Å². The predicted molar refractivity (Wildman–Crippen MR) is 138 cm³/mol. The Morgan fingerprint density at radius 2 is 1.12 bits per heavy atom. The summed E-state index contributed by atoms with van der Waals surface area (Å²) in [6, 6.07) is 15.3. The molecule has 0 spiro atoms. The Balaban J connectivity index is 2.14. The minimum absolute atomic E-state index is 0.575. The first-order chi connectivity index (χ1) is 16.0. The van der Waals surface area contributed by atoms with Gasteiger partial charge in [-0.25, -0.2) is 0 Å². The van der Waals surface area contributed by atoms with Gasteiger partial charge in [0.05, 0.1) is 14.2 Å². The molecule has 3 rings (SSSR count). The van der Waals surface area contributed by atoms with Crippen LogP contribution in [0.3, 0.4) is 0 Å². The molecule has 0 unspecified atom stereocenters. The maximum atomic E-state index is 5.95. The first-order valence-corrected chi connectivity index (χ1v) is 11.6. The van der Waals surface area contributed by atoms with Crippen LogP contribution in [0.4, 0.5) is 0 Å². The zero-order valence-corrected chi connectivity index (χ0v) is 20.3. The van der Waals surface area contributed by atoms with Crippen molar-refractivity contribution in [1.82, 2.24) is 0 Å². The summed E-state index contributed by atoms with van der Waals surface area (Å²) in [5.41, 5.74) is 28.3. The summed E-state index contributed by atoms with van der Waals surface area (Å²) < 4.78 is 11.2. The summed E-state index contributed by atoms with van der Waals surface area (Å²) >= 11 is 0. The van der Waals surface area contributed by atoms with Gasteiger partial charge in [-0.2, -0.15) is 0 Å². The van der Waals surface area contributed by atoms with Crippen molar-refractivity contribution < 1.29 is 9.47 Å². The van der Waals surface area contributed by atoms with E-state index in [0.29, 0.717) is 19.6 Å². The number of rotatable bonds is 10. The molecule has 0 aliphatic heterocycles. The summed E-state index contributed by atoms with van der Waals surface area (Å²) in [5, 5.41) is 0. The number of hydrogen-bond donors (Lipinski definition) is 3. The van der Waals surface area contributed by atoms with E-state index in [4.69, 9.17) is 26.7 Å². The third kappa shape index (κ3) is 5.38. The van der Waals surface area contributed by atoms with Crippen LogP contribution >= 0.6 is 0 Å². The molecule has 0 radical (unpaired) electrons. The minimum Gasteiger partial charge on any atom is -0.496 e. The molecular formula is C28H37N3O2. The van der Waals surface area contributed by atoms with Crippen LogP contribution in [0.25, 0.3) is 22.3 Å². The quantitative estimate of drug-likeness (QED) is 0.434. The van der Waals surface area contributed by atoms with Crippen LogP contribution in [0.1, 0.15) is 27.8 Å². The van der Waals surface area contributed by atoms with Crippen LogP contribution in [-0.2, 0) is 19.3 Å². The standard InChI is InChI=1S/C28H37N3O2/c1-18-14-25(26-16-23(9-12-31)28(33-4)17-21(26)7-10-29)19(2)13-24(18)20-5-6-27(32-3)22(15-20)8-11-30/h5-6,13-17H,7-12,29-31H2,1-4H3. The van der Waals surface area contributed by atoms with Gasteiger partial charge in [-0.1, -0.05) is 18.2 Å². The lowest BCUT2D eigenvalue weighted by Crippen LogP contribution is -2.08. The molecule has 0 saturated carbocycles. The van der Waals surface area contributed by atoms with E-state index in [0.717, 1.165) is 41.9 Å². The lowest BCUT2D eigenvalue weighted by atomic mass is 9.87. The molecule has 5 nitrogen and oxygen atoms in total. The van der Waals surface area contributed by atoms with Gasteiger partial charge in [-0.3, -0.25) is 0 Å². The van der Waals surface area contributed by atoms with E-state index in [9.17, 15) is 0 Å². The maximum Gasteiger partial charge on any atom is 0.122 e. The number of hydrogen-bond acceptors (Lipinski definition) is 5. The molecule has 0 amide bonds. The Kier molecular flexibility index (Phi) is 8.50. The minimum atomic E-state index is 0.575. The zero-order chi connectivity index (χ0) is 24.0. The monoisotopic (exact) mass is 447 g/mol. The van der Waals surface area contributed by atoms with Crippen molar-refractivity contribution >= 4 is 0 Å². The lowest BCUT2D eigenvalue weighted by molar-refractivity contribution is 0.409. The van der Waals surface area contributed by atoms with Crippen molar-refractivity contribution in [2.45, 2.75) is 33.1 Å². The van der Waals surface area contributed by atoms with E-state index in [1.54, 1.807) is 14.2 Å². The maximum absolute atomic E-state index is 5.95. The second kappa shape index (κ2) is 11.3. The molecule has 0 heterocycles. The Morgan fingerprint density at radius 1 is 0.576 bits per heavy atom. The second-order valence-electron chi connectivity index (χ2n) is 8.45. The molecule has 3 aromatic rings. The fraction of sp³-hybridized carbons (Fsp3) is 0.357. The lowest BCUT2D eigenvalue weighted by Gasteiger charge is -2.19. The van der Waals surface area contributed by atoms with E-state index < -0.39 is 0 Å². The number of nitrogens with two attached hydrogens (primary N) is 3. The van der Waals surface area contributed by atoms with Gasteiger partial charge in [0.15, 0.2) is 0 Å². The van der Waals surface area contributed by atoms with E-state index in [1.165, 1.54) is 38.9 Å². The van der Waals surface area contributed by atoms with Crippen molar-refractivity contribution in [3.05, 3.63) is 70.3 Å². The molecule has 6 N–H and O–H groups in total. The van der Waals surface area contributed by atoms with Crippen LogP contribution < -0.4 is 26.7 Å². The summed E-state index contributed by atoms with van der Waals surface area (Å²) in [5.74, 6) is 1.76. The van der Waals surface area contributed by atoms with E-state index in [2.05, 4.69) is 50.2 Å². The predicted octanol–water partition coefficient (Wildman–Crippen LogP) is 4.16. The van der Waals surface area contributed by atoms with Crippen LogP contribution in [0.15, 0.2) is 42.5 Å². The van der Waals surface area contributed by atoms with E-state index >= 15 is 0 Å². The van der Waals surface area contributed by atoms with Crippen molar-refractivity contribution in [2.24, 2.45) is 17.2 Å². The van der Waals surface area contributed by atoms with Crippen LogP contribution in [-0.4, -0.2) is 33.9 Å². The molecule has 0 saturated heterocycles. The molecule has 5 heteroatoms. The summed E-state index contributed by atoms with van der Waals surface area (Å²) in [4.78, 5) is 0. The van der Waals surface area contributed by atoms with Crippen LogP contribution in [0.2, 0.25) is 0 Å². The van der Waals surface area contributed by atoms with Crippen LogP contribution in [0, 0.1) is 13.8 Å². The van der Waals surface area contributed by atoms with Crippen molar-refractivity contribution in [1.29, 1.82) is 0 Å². The number of methoxy groups -OCH3 is 2. The Labute approximate surface area is 197 Å². The molecule has 33 heavy (non-hydrogen) atoms. The van der Waals surface area contributed by atoms with Crippen LogP contribution in [0.5, 0.6) is 11.5 Å². The molecule has 0 fully saturated rings. The molecule has 3 aromatic carbocycles. The average Bonchev–Trinajstić information content (AvgIpc) is 2.81. The third-order valence-electron chi connectivity index (χ3n) is 6.20. The first-order valence-electron chi connectivity index (χ1n) is 11.6. The van der Waals surface area contributed by atoms with Crippen molar-refractivity contribution in [3.8, 4) is 33.8 Å². The molecular weight excluding hydrogens is 410 g/mol. The number of benzene rings is 3. The highest BCUT2D eigenvalue weighted by molar-refractivity contribution is 5.79.